The van der Waals surface area contributed by atoms with Gasteiger partial charge < -0.3 is 9.64 Å². The summed E-state index contributed by atoms with van der Waals surface area (Å²) in [5.74, 6) is 0. The first-order valence-electron chi connectivity index (χ1n) is 8.90. The van der Waals surface area contributed by atoms with Crippen LogP contribution in [0.3, 0.4) is 0 Å². The third-order valence-electron chi connectivity index (χ3n) is 4.60. The first-order valence-corrected chi connectivity index (χ1v) is 9.66. The number of rotatable bonds is 4. The standard InChI is InChI=1S/C19H19Cl2N5O2/c1-13-8-22-25(10-13)12-16-11-24(6-7-28-16)17-9-23-26(19(27)18(17)21)15-4-2-14(20)3-5-15/h2-5,8-10,16H,6-7,11-12H2,1H3. The minimum Gasteiger partial charge on any atom is -0.373 e. The fourth-order valence-corrected chi connectivity index (χ4v) is 3.61. The Kier molecular flexibility index (Phi) is 5.39. The van der Waals surface area contributed by atoms with E-state index in [9.17, 15) is 4.79 Å². The number of hydrogen-bond donors (Lipinski definition) is 0. The number of ether oxygens (including phenoxy) is 1. The van der Waals surface area contributed by atoms with Crippen molar-refractivity contribution in [2.45, 2.75) is 19.6 Å². The van der Waals surface area contributed by atoms with Crippen molar-refractivity contribution in [2.75, 3.05) is 24.6 Å². The number of halogens is 2. The maximum atomic E-state index is 12.8. The minimum absolute atomic E-state index is 0.0530. The zero-order chi connectivity index (χ0) is 19.7. The van der Waals surface area contributed by atoms with Gasteiger partial charge in [0.25, 0.3) is 5.56 Å². The molecule has 1 atom stereocenters. The molecule has 3 aromatic rings. The van der Waals surface area contributed by atoms with E-state index in [4.69, 9.17) is 27.9 Å². The van der Waals surface area contributed by atoms with Crippen LogP contribution in [-0.2, 0) is 11.3 Å². The smallest absolute Gasteiger partial charge is 0.292 e. The van der Waals surface area contributed by atoms with E-state index in [1.165, 1.54) is 4.68 Å². The van der Waals surface area contributed by atoms with Gasteiger partial charge >= 0.3 is 0 Å². The predicted octanol–water partition coefficient (Wildman–Crippen LogP) is 2.95. The number of hydrogen-bond acceptors (Lipinski definition) is 5. The summed E-state index contributed by atoms with van der Waals surface area (Å²) in [5, 5.41) is 9.34. The van der Waals surface area contributed by atoms with Gasteiger partial charge in [-0.2, -0.15) is 14.9 Å². The molecule has 0 spiro atoms. The second-order valence-electron chi connectivity index (χ2n) is 6.72. The normalized spacial score (nSPS) is 17.1. The monoisotopic (exact) mass is 419 g/mol. The van der Waals surface area contributed by atoms with Crippen LogP contribution in [0.4, 0.5) is 5.69 Å². The second-order valence-corrected chi connectivity index (χ2v) is 7.53. The molecule has 0 saturated carbocycles. The van der Waals surface area contributed by atoms with Crippen LogP contribution in [0.2, 0.25) is 10.0 Å². The van der Waals surface area contributed by atoms with E-state index < -0.39 is 0 Å². The quantitative estimate of drug-likeness (QED) is 0.650. The van der Waals surface area contributed by atoms with Crippen molar-refractivity contribution in [3.8, 4) is 5.69 Å². The number of anilines is 1. The average Bonchev–Trinajstić information content (AvgIpc) is 3.10. The highest BCUT2D eigenvalue weighted by molar-refractivity contribution is 6.33. The minimum atomic E-state index is -0.368. The summed E-state index contributed by atoms with van der Waals surface area (Å²) in [7, 11) is 0. The van der Waals surface area contributed by atoms with Crippen molar-refractivity contribution in [1.29, 1.82) is 0 Å². The van der Waals surface area contributed by atoms with Gasteiger partial charge in [0.05, 0.1) is 43.0 Å². The zero-order valence-electron chi connectivity index (χ0n) is 15.3. The lowest BCUT2D eigenvalue weighted by Crippen LogP contribution is -2.45. The molecule has 1 aliphatic rings. The number of benzene rings is 1. The van der Waals surface area contributed by atoms with Gasteiger partial charge in [0.2, 0.25) is 0 Å². The third kappa shape index (κ3) is 3.92. The van der Waals surface area contributed by atoms with E-state index in [-0.39, 0.29) is 16.7 Å². The highest BCUT2D eigenvalue weighted by Gasteiger charge is 2.24. The fraction of sp³-hybridized carbons (Fsp3) is 0.316. The topological polar surface area (TPSA) is 65.2 Å². The molecule has 1 saturated heterocycles. The molecule has 1 aliphatic heterocycles. The largest absolute Gasteiger partial charge is 0.373 e. The van der Waals surface area contributed by atoms with Crippen LogP contribution in [0.25, 0.3) is 5.69 Å². The van der Waals surface area contributed by atoms with Crippen LogP contribution < -0.4 is 10.5 Å². The Hall–Kier alpha value is -2.35. The Morgan fingerprint density at radius 3 is 2.68 bits per heavy atom. The van der Waals surface area contributed by atoms with Crippen molar-refractivity contribution in [3.63, 3.8) is 0 Å². The second kappa shape index (κ2) is 7.95. The zero-order valence-corrected chi connectivity index (χ0v) is 16.8. The van der Waals surface area contributed by atoms with Crippen LogP contribution in [0.15, 0.2) is 47.7 Å². The van der Waals surface area contributed by atoms with Crippen LogP contribution >= 0.6 is 23.2 Å². The highest BCUT2D eigenvalue weighted by atomic mass is 35.5. The lowest BCUT2D eigenvalue weighted by Gasteiger charge is -2.34. The number of nitrogens with zero attached hydrogens (tertiary/aromatic N) is 5. The molecule has 9 heteroatoms. The van der Waals surface area contributed by atoms with E-state index >= 15 is 0 Å². The summed E-state index contributed by atoms with van der Waals surface area (Å²) < 4.78 is 8.99. The molecular formula is C19H19Cl2N5O2. The van der Waals surface area contributed by atoms with Gasteiger partial charge in [-0.1, -0.05) is 23.2 Å². The molecule has 7 nitrogen and oxygen atoms in total. The van der Waals surface area contributed by atoms with Crippen LogP contribution in [0, 0.1) is 6.92 Å². The summed E-state index contributed by atoms with van der Waals surface area (Å²) in [6, 6.07) is 6.86. The Bertz CT molecular complexity index is 1030. The summed E-state index contributed by atoms with van der Waals surface area (Å²) in [6.45, 7) is 4.42. The maximum absolute atomic E-state index is 12.8. The summed E-state index contributed by atoms with van der Waals surface area (Å²) in [5.41, 5.74) is 1.96. The molecule has 146 valence electrons. The SMILES string of the molecule is Cc1cnn(CC2CN(c3cnn(-c4ccc(Cl)cc4)c(=O)c3Cl)CCO2)c1. The Balaban J connectivity index is 1.56. The molecule has 0 aliphatic carbocycles. The Labute approximate surface area is 172 Å². The van der Waals surface area contributed by atoms with E-state index in [0.29, 0.717) is 42.6 Å². The van der Waals surface area contributed by atoms with E-state index in [2.05, 4.69) is 10.2 Å². The summed E-state index contributed by atoms with van der Waals surface area (Å²) in [6.07, 6.45) is 5.36. The molecule has 1 unspecified atom stereocenters. The van der Waals surface area contributed by atoms with Crippen molar-refractivity contribution in [3.05, 3.63) is 68.8 Å². The van der Waals surface area contributed by atoms with Gasteiger partial charge in [0.1, 0.15) is 5.02 Å². The van der Waals surface area contributed by atoms with Gasteiger partial charge in [0.15, 0.2) is 0 Å². The molecular weight excluding hydrogens is 401 g/mol. The summed E-state index contributed by atoms with van der Waals surface area (Å²) >= 11 is 12.3. The van der Waals surface area contributed by atoms with Crippen molar-refractivity contribution >= 4 is 28.9 Å². The first-order chi connectivity index (χ1) is 13.5. The maximum Gasteiger partial charge on any atom is 0.292 e. The van der Waals surface area contributed by atoms with Crippen molar-refractivity contribution in [1.82, 2.24) is 19.6 Å². The average molecular weight is 420 g/mol. The number of aryl methyl sites for hydroxylation is 1. The Morgan fingerprint density at radius 2 is 1.96 bits per heavy atom. The lowest BCUT2D eigenvalue weighted by molar-refractivity contribution is 0.0274. The highest BCUT2D eigenvalue weighted by Crippen LogP contribution is 2.24. The van der Waals surface area contributed by atoms with Gasteiger partial charge in [-0.05, 0) is 36.8 Å². The van der Waals surface area contributed by atoms with Gasteiger partial charge in [-0.3, -0.25) is 9.48 Å². The molecule has 4 rings (SSSR count). The number of aromatic nitrogens is 4. The van der Waals surface area contributed by atoms with E-state index in [1.54, 1.807) is 30.5 Å². The van der Waals surface area contributed by atoms with Gasteiger partial charge in [-0.15, -0.1) is 0 Å². The van der Waals surface area contributed by atoms with E-state index in [0.717, 1.165) is 5.56 Å². The number of morpholine rings is 1. The van der Waals surface area contributed by atoms with Crippen molar-refractivity contribution < 1.29 is 4.74 Å². The Morgan fingerprint density at radius 1 is 1.18 bits per heavy atom. The first kappa shape index (κ1) is 19.0. The molecule has 1 aromatic carbocycles. The van der Waals surface area contributed by atoms with Crippen molar-refractivity contribution in [2.24, 2.45) is 0 Å². The molecule has 0 radical (unpaired) electrons. The molecule has 0 amide bonds. The summed E-state index contributed by atoms with van der Waals surface area (Å²) in [4.78, 5) is 14.8. The predicted molar refractivity (Wildman–Crippen MR) is 109 cm³/mol. The fourth-order valence-electron chi connectivity index (χ4n) is 3.23. The van der Waals surface area contributed by atoms with Crippen LogP contribution in [0.5, 0.6) is 0 Å². The molecule has 1 fully saturated rings. The van der Waals surface area contributed by atoms with E-state index in [1.807, 2.05) is 28.9 Å². The molecule has 3 heterocycles. The van der Waals surface area contributed by atoms with Gasteiger partial charge in [0, 0.05) is 24.3 Å². The molecule has 0 bridgehead atoms. The molecule has 0 N–H and O–H groups in total. The molecule has 28 heavy (non-hydrogen) atoms. The third-order valence-corrected chi connectivity index (χ3v) is 5.21. The van der Waals surface area contributed by atoms with Crippen LogP contribution in [0.1, 0.15) is 5.56 Å². The van der Waals surface area contributed by atoms with Crippen LogP contribution in [-0.4, -0.2) is 45.4 Å². The van der Waals surface area contributed by atoms with Gasteiger partial charge in [-0.25, -0.2) is 0 Å². The lowest BCUT2D eigenvalue weighted by atomic mass is 10.2. The molecule has 2 aromatic heterocycles.